The zero-order valence-corrected chi connectivity index (χ0v) is 23.4. The van der Waals surface area contributed by atoms with Crippen molar-refractivity contribution >= 4 is 44.7 Å². The second-order valence-corrected chi connectivity index (χ2v) is 11.5. The minimum atomic E-state index is -0.0708. The molecule has 39 heavy (non-hydrogen) atoms. The van der Waals surface area contributed by atoms with Crippen molar-refractivity contribution in [3.63, 3.8) is 0 Å². The third-order valence-corrected chi connectivity index (χ3v) is 10.1. The summed E-state index contributed by atoms with van der Waals surface area (Å²) in [5, 5.41) is 2.35. The van der Waals surface area contributed by atoms with Gasteiger partial charge in [-0.3, -0.25) is 0 Å². The van der Waals surface area contributed by atoms with Crippen LogP contribution in [0.5, 0.6) is 0 Å². The van der Waals surface area contributed by atoms with Crippen LogP contribution in [0, 0.1) is 12.3 Å². The zero-order chi connectivity index (χ0) is 26.9. The number of hydrogen-bond donors (Lipinski definition) is 0. The Hall–Kier alpha value is -3.98. The van der Waals surface area contributed by atoms with Gasteiger partial charge in [0.25, 0.3) is 0 Å². The normalized spacial score (nSPS) is 23.6. The summed E-state index contributed by atoms with van der Waals surface area (Å²) >= 11 is 0. The highest BCUT2D eigenvalue weighted by Crippen LogP contribution is 2.65. The van der Waals surface area contributed by atoms with Crippen LogP contribution in [0.1, 0.15) is 51.2 Å². The molecule has 0 saturated heterocycles. The molecule has 0 spiro atoms. The smallest absolute Gasteiger partial charge is 0.140 e. The Bertz CT molecular complexity index is 1750. The summed E-state index contributed by atoms with van der Waals surface area (Å²) in [6.45, 7) is 13.7. The number of benzene rings is 4. The first-order chi connectivity index (χ1) is 19.0. The molecule has 3 heterocycles. The molecule has 2 aliphatic rings. The molecule has 0 radical (unpaired) electrons. The van der Waals surface area contributed by atoms with E-state index in [0.29, 0.717) is 0 Å². The number of allylic oxidation sites excluding steroid dienone is 1. The molecule has 0 aliphatic carbocycles. The van der Waals surface area contributed by atoms with E-state index in [1.807, 2.05) is 6.07 Å². The maximum absolute atomic E-state index is 6.49. The van der Waals surface area contributed by atoms with E-state index in [2.05, 4.69) is 129 Å². The van der Waals surface area contributed by atoms with Crippen molar-refractivity contribution in [2.75, 3.05) is 9.80 Å². The molecule has 0 fully saturated rings. The van der Waals surface area contributed by atoms with Gasteiger partial charge in [-0.25, -0.2) is 0 Å². The van der Waals surface area contributed by atoms with Crippen LogP contribution in [0.25, 0.3) is 21.9 Å². The van der Waals surface area contributed by atoms with E-state index in [0.717, 1.165) is 30.4 Å². The molecule has 3 atom stereocenters. The molecule has 196 valence electrons. The Morgan fingerprint density at radius 1 is 0.769 bits per heavy atom. The van der Waals surface area contributed by atoms with Crippen LogP contribution in [-0.2, 0) is 5.41 Å². The van der Waals surface area contributed by atoms with Gasteiger partial charge in [0, 0.05) is 38.5 Å². The van der Waals surface area contributed by atoms with Crippen LogP contribution in [0.4, 0.5) is 22.7 Å². The number of fused-ring (bicyclic) bond motifs is 8. The Morgan fingerprint density at radius 2 is 1.41 bits per heavy atom. The first kappa shape index (κ1) is 24.1. The van der Waals surface area contributed by atoms with E-state index in [1.165, 1.54) is 44.6 Å². The van der Waals surface area contributed by atoms with E-state index >= 15 is 0 Å². The lowest BCUT2D eigenvalue weighted by Crippen LogP contribution is -2.63. The lowest BCUT2D eigenvalue weighted by molar-refractivity contribution is 0.0832. The number of furan rings is 1. The molecule has 0 saturated carbocycles. The van der Waals surface area contributed by atoms with Gasteiger partial charge in [-0.2, -0.15) is 0 Å². The van der Waals surface area contributed by atoms with Crippen molar-refractivity contribution in [3.8, 4) is 0 Å². The maximum Gasteiger partial charge on any atom is 0.140 e. The number of anilines is 4. The second-order valence-electron chi connectivity index (χ2n) is 11.5. The molecule has 1 aromatic heterocycles. The highest BCUT2D eigenvalue weighted by atomic mass is 16.3. The van der Waals surface area contributed by atoms with E-state index < -0.39 is 0 Å². The maximum atomic E-state index is 6.49. The molecule has 5 aromatic rings. The Labute approximate surface area is 231 Å². The average Bonchev–Trinajstić information content (AvgIpc) is 3.53. The summed E-state index contributed by atoms with van der Waals surface area (Å²) in [4.78, 5) is 5.23. The summed E-state index contributed by atoms with van der Waals surface area (Å²) in [6.07, 6.45) is 5.29. The number of nitrogens with zero attached hydrogens (tertiary/aromatic N) is 2. The van der Waals surface area contributed by atoms with Crippen molar-refractivity contribution in [3.05, 3.63) is 109 Å². The van der Waals surface area contributed by atoms with Crippen LogP contribution in [0.2, 0.25) is 0 Å². The van der Waals surface area contributed by atoms with Crippen LogP contribution in [0.15, 0.2) is 102 Å². The van der Waals surface area contributed by atoms with Crippen LogP contribution < -0.4 is 9.80 Å². The van der Waals surface area contributed by atoms with Crippen LogP contribution >= 0.6 is 0 Å². The number of aryl methyl sites for hydroxylation is 1. The summed E-state index contributed by atoms with van der Waals surface area (Å²) in [7, 11) is 0. The third-order valence-electron chi connectivity index (χ3n) is 10.1. The molecule has 0 N–H and O–H groups in total. The van der Waals surface area contributed by atoms with Crippen LogP contribution in [0.3, 0.4) is 0 Å². The van der Waals surface area contributed by atoms with Crippen molar-refractivity contribution in [1.29, 1.82) is 0 Å². The summed E-state index contributed by atoms with van der Waals surface area (Å²) in [6, 6.07) is 30.9. The molecule has 0 amide bonds. The lowest BCUT2D eigenvalue weighted by atomic mass is 9.52. The Kier molecular flexibility index (Phi) is 5.26. The predicted molar refractivity (Wildman–Crippen MR) is 165 cm³/mol. The van der Waals surface area contributed by atoms with Gasteiger partial charge in [-0.1, -0.05) is 75.4 Å². The summed E-state index contributed by atoms with van der Waals surface area (Å²) < 4.78 is 6.49. The van der Waals surface area contributed by atoms with Gasteiger partial charge in [-0.15, -0.1) is 6.58 Å². The molecular formula is C36H36N2O. The van der Waals surface area contributed by atoms with Crippen molar-refractivity contribution in [2.24, 2.45) is 5.41 Å². The van der Waals surface area contributed by atoms with E-state index in [-0.39, 0.29) is 17.0 Å². The molecular weight excluding hydrogens is 476 g/mol. The minimum absolute atomic E-state index is 0.0427. The fourth-order valence-electron chi connectivity index (χ4n) is 8.01. The van der Waals surface area contributed by atoms with E-state index in [9.17, 15) is 0 Å². The van der Waals surface area contributed by atoms with Crippen molar-refractivity contribution in [2.45, 2.75) is 58.5 Å². The van der Waals surface area contributed by atoms with E-state index in [1.54, 1.807) is 0 Å². The lowest BCUT2D eigenvalue weighted by Gasteiger charge is -2.60. The monoisotopic (exact) mass is 512 g/mol. The highest BCUT2D eigenvalue weighted by Gasteiger charge is 2.61. The Balaban J connectivity index is 1.55. The van der Waals surface area contributed by atoms with Gasteiger partial charge >= 0.3 is 0 Å². The molecule has 3 heteroatoms. The largest absolute Gasteiger partial charge is 0.456 e. The number of para-hydroxylation sites is 4. The van der Waals surface area contributed by atoms with Gasteiger partial charge in [0.15, 0.2) is 0 Å². The highest BCUT2D eigenvalue weighted by molar-refractivity contribution is 6.07. The fourth-order valence-corrected chi connectivity index (χ4v) is 8.01. The SMILES string of the molecule is C=CCC1(CC)c2ccccc2N2c3ccccc3N(c3ccc4c(oc5ccccc54)c3C)C2C1(C)CC. The van der Waals surface area contributed by atoms with Gasteiger partial charge < -0.3 is 14.2 Å². The van der Waals surface area contributed by atoms with Crippen LogP contribution in [-0.4, -0.2) is 6.17 Å². The van der Waals surface area contributed by atoms with Gasteiger partial charge in [-0.05, 0) is 68.1 Å². The van der Waals surface area contributed by atoms with Crippen molar-refractivity contribution < 1.29 is 4.42 Å². The quantitative estimate of drug-likeness (QED) is 0.218. The molecule has 7 rings (SSSR count). The number of hydrogen-bond acceptors (Lipinski definition) is 3. The Morgan fingerprint density at radius 3 is 2.10 bits per heavy atom. The van der Waals surface area contributed by atoms with E-state index in [4.69, 9.17) is 4.42 Å². The first-order valence-electron chi connectivity index (χ1n) is 14.3. The predicted octanol–water partition coefficient (Wildman–Crippen LogP) is 10.2. The fraction of sp³-hybridized carbons (Fsp3) is 0.278. The second kappa shape index (κ2) is 8.51. The average molecular weight is 513 g/mol. The molecule has 0 bridgehead atoms. The molecule has 4 aromatic carbocycles. The minimum Gasteiger partial charge on any atom is -0.456 e. The van der Waals surface area contributed by atoms with Crippen molar-refractivity contribution in [1.82, 2.24) is 0 Å². The molecule has 3 nitrogen and oxygen atoms in total. The van der Waals surface area contributed by atoms with Gasteiger partial charge in [0.1, 0.15) is 17.3 Å². The standard InChI is InChI=1S/C36H36N2O/c1-6-23-36(8-3)27-16-10-11-17-29(27)38-31-19-13-12-18-30(31)37(34(38)35(36,5)7-2)28-22-21-26-25-15-9-14-20-32(25)39-33(26)24(28)4/h6,9-22,34H,1,7-8,23H2,2-5H3. The topological polar surface area (TPSA) is 19.6 Å². The zero-order valence-electron chi connectivity index (χ0n) is 23.4. The molecule has 3 unspecified atom stereocenters. The number of rotatable bonds is 5. The van der Waals surface area contributed by atoms with Gasteiger partial charge in [0.2, 0.25) is 0 Å². The first-order valence-corrected chi connectivity index (χ1v) is 14.3. The third kappa shape index (κ3) is 2.93. The van der Waals surface area contributed by atoms with Gasteiger partial charge in [0.05, 0.1) is 11.4 Å². The summed E-state index contributed by atoms with van der Waals surface area (Å²) in [5.74, 6) is 0. The summed E-state index contributed by atoms with van der Waals surface area (Å²) in [5.41, 5.74) is 9.47. The molecule has 2 aliphatic heterocycles.